The van der Waals surface area contributed by atoms with E-state index in [0.717, 1.165) is 19.6 Å². The smallest absolute Gasteiger partial charge is 0.0667 e. The van der Waals surface area contributed by atoms with Gasteiger partial charge in [0.15, 0.2) is 0 Å². The highest BCUT2D eigenvalue weighted by Crippen LogP contribution is 2.28. The quantitative estimate of drug-likeness (QED) is 0.822. The highest BCUT2D eigenvalue weighted by Gasteiger charge is 2.23. The molecule has 19 heavy (non-hydrogen) atoms. The van der Waals surface area contributed by atoms with Crippen molar-refractivity contribution in [3.8, 4) is 0 Å². The molecule has 0 bridgehead atoms. The van der Waals surface area contributed by atoms with Crippen molar-refractivity contribution in [2.45, 2.75) is 6.04 Å². The summed E-state index contributed by atoms with van der Waals surface area (Å²) in [6.45, 7) is 3.12. The van der Waals surface area contributed by atoms with E-state index in [4.69, 9.17) is 0 Å². The maximum absolute atomic E-state index is 3.50. The van der Waals surface area contributed by atoms with E-state index in [1.54, 1.807) is 0 Å². The molecule has 1 aliphatic heterocycles. The Morgan fingerprint density at radius 1 is 1.00 bits per heavy atom. The van der Waals surface area contributed by atoms with E-state index >= 15 is 0 Å². The monoisotopic (exact) mass is 364 g/mol. The van der Waals surface area contributed by atoms with Gasteiger partial charge < -0.3 is 10.2 Å². The molecular formula is C16H17IN2. The average molecular weight is 364 g/mol. The average Bonchev–Trinajstić information content (AvgIpc) is 2.49. The third-order valence-corrected chi connectivity index (χ3v) is 4.31. The van der Waals surface area contributed by atoms with Gasteiger partial charge in [0.25, 0.3) is 0 Å². The number of hydrogen-bond acceptors (Lipinski definition) is 2. The fourth-order valence-corrected chi connectivity index (χ4v) is 2.98. The number of piperazine rings is 1. The van der Waals surface area contributed by atoms with Gasteiger partial charge in [-0.2, -0.15) is 0 Å². The van der Waals surface area contributed by atoms with Crippen molar-refractivity contribution in [1.29, 1.82) is 0 Å². The largest absolute Gasteiger partial charge is 0.362 e. The Morgan fingerprint density at radius 2 is 1.74 bits per heavy atom. The summed E-state index contributed by atoms with van der Waals surface area (Å²) in [6, 6.07) is 20.0. The van der Waals surface area contributed by atoms with Gasteiger partial charge in [0.2, 0.25) is 0 Å². The van der Waals surface area contributed by atoms with Crippen LogP contribution in [0.1, 0.15) is 11.6 Å². The van der Waals surface area contributed by atoms with Gasteiger partial charge >= 0.3 is 0 Å². The first-order chi connectivity index (χ1) is 9.34. The molecule has 1 heterocycles. The van der Waals surface area contributed by atoms with E-state index < -0.39 is 0 Å². The zero-order valence-corrected chi connectivity index (χ0v) is 12.9. The van der Waals surface area contributed by atoms with Crippen LogP contribution in [0.25, 0.3) is 0 Å². The van der Waals surface area contributed by atoms with Crippen molar-refractivity contribution in [2.24, 2.45) is 0 Å². The SMILES string of the molecule is Ic1ccc(N2CCNCC2c2ccccc2)cc1. The van der Waals surface area contributed by atoms with E-state index in [1.807, 2.05) is 0 Å². The summed E-state index contributed by atoms with van der Waals surface area (Å²) >= 11 is 2.35. The second kappa shape index (κ2) is 5.92. The maximum atomic E-state index is 3.50. The van der Waals surface area contributed by atoms with Crippen molar-refractivity contribution in [3.05, 3.63) is 63.7 Å². The Morgan fingerprint density at radius 3 is 2.47 bits per heavy atom. The number of halogens is 1. The first kappa shape index (κ1) is 12.9. The third kappa shape index (κ3) is 2.92. The van der Waals surface area contributed by atoms with Gasteiger partial charge in [0.05, 0.1) is 6.04 Å². The normalized spacial score (nSPS) is 19.4. The third-order valence-electron chi connectivity index (χ3n) is 3.59. The lowest BCUT2D eigenvalue weighted by Crippen LogP contribution is -2.46. The summed E-state index contributed by atoms with van der Waals surface area (Å²) < 4.78 is 1.28. The van der Waals surface area contributed by atoms with E-state index in [1.165, 1.54) is 14.8 Å². The van der Waals surface area contributed by atoms with Crippen molar-refractivity contribution >= 4 is 28.3 Å². The topological polar surface area (TPSA) is 15.3 Å². The van der Waals surface area contributed by atoms with Crippen molar-refractivity contribution in [2.75, 3.05) is 24.5 Å². The molecule has 0 radical (unpaired) electrons. The van der Waals surface area contributed by atoms with Gasteiger partial charge in [-0.25, -0.2) is 0 Å². The lowest BCUT2D eigenvalue weighted by molar-refractivity contribution is 0.490. The Hall–Kier alpha value is -1.07. The molecule has 1 unspecified atom stereocenters. The van der Waals surface area contributed by atoms with Gasteiger partial charge in [-0.15, -0.1) is 0 Å². The molecule has 0 saturated carbocycles. The second-order valence-corrected chi connectivity index (χ2v) is 6.05. The summed E-state index contributed by atoms with van der Waals surface area (Å²) in [6.07, 6.45) is 0. The van der Waals surface area contributed by atoms with Crippen LogP contribution in [-0.2, 0) is 0 Å². The number of rotatable bonds is 2. The minimum atomic E-state index is 0.426. The van der Waals surface area contributed by atoms with Crippen LogP contribution in [0.5, 0.6) is 0 Å². The van der Waals surface area contributed by atoms with Crippen LogP contribution in [0.4, 0.5) is 5.69 Å². The molecule has 2 nitrogen and oxygen atoms in total. The number of benzene rings is 2. The van der Waals surface area contributed by atoms with E-state index in [-0.39, 0.29) is 0 Å². The van der Waals surface area contributed by atoms with Crippen molar-refractivity contribution in [3.63, 3.8) is 0 Å². The number of nitrogens with zero attached hydrogens (tertiary/aromatic N) is 1. The molecule has 0 aliphatic carbocycles. The molecule has 2 aromatic rings. The van der Waals surface area contributed by atoms with Crippen LogP contribution >= 0.6 is 22.6 Å². The summed E-state index contributed by atoms with van der Waals surface area (Å²) in [5.41, 5.74) is 2.70. The molecule has 3 rings (SSSR count). The van der Waals surface area contributed by atoms with Crippen LogP contribution in [0.15, 0.2) is 54.6 Å². The fraction of sp³-hybridized carbons (Fsp3) is 0.250. The minimum Gasteiger partial charge on any atom is -0.362 e. The first-order valence-corrected chi connectivity index (χ1v) is 7.70. The molecule has 1 saturated heterocycles. The number of nitrogens with one attached hydrogen (secondary N) is 1. The fourth-order valence-electron chi connectivity index (χ4n) is 2.62. The van der Waals surface area contributed by atoms with E-state index in [2.05, 4.69) is 87.4 Å². The van der Waals surface area contributed by atoms with E-state index in [0.29, 0.717) is 6.04 Å². The van der Waals surface area contributed by atoms with Crippen molar-refractivity contribution in [1.82, 2.24) is 5.32 Å². The van der Waals surface area contributed by atoms with Crippen LogP contribution in [0, 0.1) is 3.57 Å². The lowest BCUT2D eigenvalue weighted by atomic mass is 10.0. The molecule has 1 atom stereocenters. The number of anilines is 1. The number of hydrogen-bond donors (Lipinski definition) is 1. The van der Waals surface area contributed by atoms with Gasteiger partial charge in [-0.1, -0.05) is 30.3 Å². The van der Waals surface area contributed by atoms with Crippen LogP contribution in [0.3, 0.4) is 0 Å². The molecule has 0 amide bonds. The molecule has 3 heteroatoms. The lowest BCUT2D eigenvalue weighted by Gasteiger charge is -2.38. The summed E-state index contributed by atoms with van der Waals surface area (Å²) in [5, 5.41) is 3.50. The predicted octanol–water partition coefficient (Wildman–Crippen LogP) is 3.44. The van der Waals surface area contributed by atoms with E-state index in [9.17, 15) is 0 Å². The first-order valence-electron chi connectivity index (χ1n) is 6.62. The van der Waals surface area contributed by atoms with Gasteiger partial charge in [-0.3, -0.25) is 0 Å². The Bertz CT molecular complexity index is 524. The van der Waals surface area contributed by atoms with Gasteiger partial charge in [0.1, 0.15) is 0 Å². The Labute approximate surface area is 128 Å². The zero-order valence-electron chi connectivity index (χ0n) is 10.7. The summed E-state index contributed by atoms with van der Waals surface area (Å²) in [5.74, 6) is 0. The summed E-state index contributed by atoms with van der Waals surface area (Å²) in [7, 11) is 0. The van der Waals surface area contributed by atoms with Gasteiger partial charge in [0, 0.05) is 28.9 Å². The standard InChI is InChI=1S/C16H17IN2/c17-14-6-8-15(9-7-14)19-11-10-18-12-16(19)13-4-2-1-3-5-13/h1-9,16,18H,10-12H2. The van der Waals surface area contributed by atoms with Crippen LogP contribution < -0.4 is 10.2 Å². The summed E-state index contributed by atoms with van der Waals surface area (Å²) in [4.78, 5) is 2.50. The second-order valence-electron chi connectivity index (χ2n) is 4.80. The maximum Gasteiger partial charge on any atom is 0.0667 e. The Balaban J connectivity index is 1.91. The molecule has 2 aromatic carbocycles. The molecule has 0 spiro atoms. The molecule has 1 fully saturated rings. The van der Waals surface area contributed by atoms with Crippen LogP contribution in [0.2, 0.25) is 0 Å². The highest BCUT2D eigenvalue weighted by atomic mass is 127. The molecular weight excluding hydrogens is 347 g/mol. The highest BCUT2D eigenvalue weighted by molar-refractivity contribution is 14.1. The van der Waals surface area contributed by atoms with Crippen LogP contribution in [-0.4, -0.2) is 19.6 Å². The van der Waals surface area contributed by atoms with Gasteiger partial charge in [-0.05, 0) is 52.4 Å². The Kier molecular flexibility index (Phi) is 4.03. The van der Waals surface area contributed by atoms with Crippen molar-refractivity contribution < 1.29 is 0 Å². The zero-order chi connectivity index (χ0) is 13.1. The predicted molar refractivity (Wildman–Crippen MR) is 88.6 cm³/mol. The molecule has 1 aliphatic rings. The molecule has 1 N–H and O–H groups in total. The molecule has 0 aromatic heterocycles. The minimum absolute atomic E-state index is 0.426. The molecule has 98 valence electrons.